The van der Waals surface area contributed by atoms with E-state index in [4.69, 9.17) is 17.2 Å². The van der Waals surface area contributed by atoms with Crippen LogP contribution < -0.4 is 10.5 Å². The van der Waals surface area contributed by atoms with E-state index < -0.39 is 27.8 Å². The molecule has 0 aliphatic heterocycles. The SMILES string of the molecule is CCCc1ccccc1-c1cccc2c1C=C(C(C)CC)[CH]2[Hf]([Cl])([Cl])([B](NC=O)NC=O)[CH]1C(C(C)CC)=Cc2c(-c3ccccc3CCC)cccc21. The van der Waals surface area contributed by atoms with Gasteiger partial charge in [0.05, 0.1) is 0 Å². The van der Waals surface area contributed by atoms with Crippen molar-refractivity contribution in [1.29, 1.82) is 0 Å². The second-order valence-electron chi connectivity index (χ2n) is 15.4. The summed E-state index contributed by atoms with van der Waals surface area (Å²) in [4.78, 5) is 25.3. The molecule has 0 saturated heterocycles. The molecule has 2 aliphatic rings. The van der Waals surface area contributed by atoms with Gasteiger partial charge in [-0.05, 0) is 0 Å². The number of hydrogen-bond donors (Lipinski definition) is 2. The van der Waals surface area contributed by atoms with Crippen LogP contribution in [0.15, 0.2) is 96.1 Å². The number of carbonyl (C=O) groups is 2. The van der Waals surface area contributed by atoms with Crippen LogP contribution in [0.4, 0.5) is 0 Å². The van der Waals surface area contributed by atoms with Gasteiger partial charge in [0.1, 0.15) is 0 Å². The Bertz CT molecular complexity index is 1950. The van der Waals surface area contributed by atoms with Gasteiger partial charge in [-0.25, -0.2) is 0 Å². The van der Waals surface area contributed by atoms with Crippen LogP contribution in [0, 0.1) is 11.8 Å². The van der Waals surface area contributed by atoms with Crippen molar-refractivity contribution < 1.29 is 25.5 Å². The van der Waals surface area contributed by atoms with E-state index in [1.165, 1.54) is 33.4 Å². The fourth-order valence-electron chi connectivity index (χ4n) is 9.42. The molecule has 8 heteroatoms. The molecular formula is C46H54BCl2HfN2O2. The van der Waals surface area contributed by atoms with Crippen molar-refractivity contribution >= 4 is 46.7 Å². The van der Waals surface area contributed by atoms with Gasteiger partial charge in [0.25, 0.3) is 0 Å². The minimum absolute atomic E-state index is 0.145. The Labute approximate surface area is 331 Å². The molecule has 0 spiro atoms. The van der Waals surface area contributed by atoms with Crippen molar-refractivity contribution in [3.05, 3.63) is 129 Å². The van der Waals surface area contributed by atoms with Crippen LogP contribution in [0.2, 0.25) is 0 Å². The third-order valence-corrected chi connectivity index (χ3v) is 40.8. The Morgan fingerprint density at radius 1 is 0.611 bits per heavy atom. The fourth-order valence-corrected chi connectivity index (χ4v) is 39.1. The summed E-state index contributed by atoms with van der Waals surface area (Å²) in [6, 6.07) is 30.4. The van der Waals surface area contributed by atoms with E-state index in [0.29, 0.717) is 12.8 Å². The van der Waals surface area contributed by atoms with Gasteiger partial charge in [-0.3, -0.25) is 0 Å². The number of halogens is 2. The minimum atomic E-state index is -6.12. The number of rotatable bonds is 17. The molecule has 0 radical (unpaired) electrons. The monoisotopic (exact) mass is 927 g/mol. The van der Waals surface area contributed by atoms with E-state index in [-0.39, 0.29) is 11.8 Å². The Balaban J connectivity index is 1.70. The standard InChI is InChI=1S/2C22H25.C2H3BN2O2.2ClH.Hf/c2*1-4-9-17-10-6-7-12-20(17)21-13-8-11-18-14-19(15-22(18)21)16(3)5-2;6-1-4-3-5-2-7;;;/h2*6-8,10-16H,4-5,9H2,1-3H3;1-2H,(H-,4,5,6,7);2*1H;/q;;;;;+1/p-1. The molecule has 2 aliphatic carbocycles. The van der Waals surface area contributed by atoms with Crippen molar-refractivity contribution in [2.75, 3.05) is 0 Å². The molecule has 0 fully saturated rings. The molecule has 54 heavy (non-hydrogen) atoms. The summed E-state index contributed by atoms with van der Waals surface area (Å²) < 4.78 is -1.73. The predicted octanol–water partition coefficient (Wildman–Crippen LogP) is 12.1. The Morgan fingerprint density at radius 2 is 1.00 bits per heavy atom. The van der Waals surface area contributed by atoms with Crippen molar-refractivity contribution in [3.63, 3.8) is 0 Å². The fraction of sp³-hybridized carbons (Fsp3) is 0.348. The van der Waals surface area contributed by atoms with Crippen LogP contribution >= 0.6 is 17.2 Å². The molecule has 281 valence electrons. The summed E-state index contributed by atoms with van der Waals surface area (Å²) in [7, 11) is 17.6. The van der Waals surface area contributed by atoms with Crippen LogP contribution in [0.3, 0.4) is 0 Å². The van der Waals surface area contributed by atoms with Crippen molar-refractivity contribution in [2.24, 2.45) is 11.8 Å². The number of nitrogens with one attached hydrogen (secondary N) is 2. The first kappa shape index (κ1) is 40.5. The number of carbonyl (C=O) groups excluding carboxylic acids is 2. The van der Waals surface area contributed by atoms with Crippen molar-refractivity contribution in [1.82, 2.24) is 10.5 Å². The van der Waals surface area contributed by atoms with Crippen molar-refractivity contribution in [2.45, 2.75) is 87.4 Å². The molecule has 4 nitrogen and oxygen atoms in total. The van der Waals surface area contributed by atoms with E-state index in [9.17, 15) is 9.59 Å². The van der Waals surface area contributed by atoms with Gasteiger partial charge in [0, 0.05) is 0 Å². The molecule has 0 aromatic heterocycles. The molecule has 0 saturated carbocycles. The van der Waals surface area contributed by atoms with Gasteiger partial charge in [-0.2, -0.15) is 0 Å². The topological polar surface area (TPSA) is 58.2 Å². The van der Waals surface area contributed by atoms with Gasteiger partial charge in [0.2, 0.25) is 0 Å². The molecule has 4 unspecified atom stereocenters. The molecule has 6 rings (SSSR count). The second kappa shape index (κ2) is 16.9. The van der Waals surface area contributed by atoms with Crippen LogP contribution in [0.1, 0.15) is 108 Å². The molecule has 2 amide bonds. The number of benzene rings is 4. The van der Waals surface area contributed by atoms with Gasteiger partial charge in [-0.15, -0.1) is 0 Å². The maximum atomic E-state index is 12.6. The van der Waals surface area contributed by atoms with Crippen molar-refractivity contribution in [3.8, 4) is 22.3 Å². The normalized spacial score (nSPS) is 18.0. The van der Waals surface area contributed by atoms with Crippen LogP contribution in [0.25, 0.3) is 34.4 Å². The number of allylic oxidation sites excluding steroid dienone is 2. The quantitative estimate of drug-likeness (QED) is 0.0819. The Morgan fingerprint density at radius 3 is 1.37 bits per heavy atom. The Hall–Kier alpha value is -3.18. The third-order valence-electron chi connectivity index (χ3n) is 12.3. The number of hydrogen-bond acceptors (Lipinski definition) is 2. The summed E-state index contributed by atoms with van der Waals surface area (Å²) in [6.45, 7) is 13.4. The molecule has 4 aromatic carbocycles. The number of fused-ring (bicyclic) bond motifs is 2. The van der Waals surface area contributed by atoms with E-state index in [0.717, 1.165) is 71.9 Å². The summed E-state index contributed by atoms with van der Waals surface area (Å²) >= 11 is -6.12. The van der Waals surface area contributed by atoms with Gasteiger partial charge >= 0.3 is 334 Å². The molecule has 4 atom stereocenters. The summed E-state index contributed by atoms with van der Waals surface area (Å²) in [6.07, 6.45) is 11.8. The zero-order chi connectivity index (χ0) is 38.6. The molecule has 0 heterocycles. The first-order valence-electron chi connectivity index (χ1n) is 19.9. The Kier molecular flexibility index (Phi) is 12.7. The van der Waals surface area contributed by atoms with Gasteiger partial charge in [0.15, 0.2) is 0 Å². The van der Waals surface area contributed by atoms with E-state index in [1.54, 1.807) is 0 Å². The molecule has 2 N–H and O–H groups in total. The average Bonchev–Trinajstić information content (AvgIpc) is 3.79. The summed E-state index contributed by atoms with van der Waals surface area (Å²) in [5, 5.41) is 6.07. The molecule has 4 aromatic rings. The predicted molar refractivity (Wildman–Crippen MR) is 228 cm³/mol. The zero-order valence-corrected chi connectivity index (χ0v) is 37.7. The van der Waals surface area contributed by atoms with Crippen LogP contribution in [0.5, 0.6) is 0 Å². The van der Waals surface area contributed by atoms with E-state index >= 15 is 0 Å². The maximum absolute atomic E-state index is 12.6. The first-order valence-corrected chi connectivity index (χ1v) is 35.0. The van der Waals surface area contributed by atoms with E-state index in [1.807, 2.05) is 0 Å². The zero-order valence-electron chi connectivity index (χ0n) is 32.6. The van der Waals surface area contributed by atoms with Crippen LogP contribution in [-0.2, 0) is 38.3 Å². The third kappa shape index (κ3) is 6.94. The number of amides is 2. The molecule has 0 bridgehead atoms. The average molecular weight is 927 g/mol. The molecular weight excluding hydrogens is 873 g/mol. The van der Waals surface area contributed by atoms with E-state index in [2.05, 4.69) is 149 Å². The summed E-state index contributed by atoms with van der Waals surface area (Å²) in [5.74, 6) is 0.290. The van der Waals surface area contributed by atoms with Gasteiger partial charge < -0.3 is 0 Å². The van der Waals surface area contributed by atoms with Crippen LogP contribution in [-0.4, -0.2) is 17.4 Å². The summed E-state index contributed by atoms with van der Waals surface area (Å²) in [5.41, 5.74) is 14.2. The van der Waals surface area contributed by atoms with Gasteiger partial charge in [-0.1, -0.05) is 0 Å². The first-order chi connectivity index (χ1) is 26.1. The number of aryl methyl sites for hydroxylation is 2. The second-order valence-corrected chi connectivity index (χ2v) is 45.9.